The van der Waals surface area contributed by atoms with E-state index in [9.17, 15) is 0 Å². The van der Waals surface area contributed by atoms with Crippen molar-refractivity contribution in [2.75, 3.05) is 9.80 Å². The van der Waals surface area contributed by atoms with Crippen molar-refractivity contribution < 1.29 is 8.83 Å². The van der Waals surface area contributed by atoms with Gasteiger partial charge in [0.15, 0.2) is 11.2 Å². The molecule has 4 heteroatoms. The van der Waals surface area contributed by atoms with Crippen LogP contribution in [0.1, 0.15) is 101 Å². The summed E-state index contributed by atoms with van der Waals surface area (Å²) in [6.07, 6.45) is 0. The van der Waals surface area contributed by atoms with Crippen molar-refractivity contribution >= 4 is 110 Å². The molecule has 0 aliphatic rings. The summed E-state index contributed by atoms with van der Waals surface area (Å²) in [7, 11) is 0. The van der Waals surface area contributed by atoms with Crippen molar-refractivity contribution in [1.29, 1.82) is 0 Å². The molecule has 12 aromatic rings. The van der Waals surface area contributed by atoms with Gasteiger partial charge in [0, 0.05) is 43.7 Å². The van der Waals surface area contributed by atoms with Crippen molar-refractivity contribution in [2.24, 2.45) is 0 Å². The Hall–Kier alpha value is -7.56. The highest BCUT2D eigenvalue weighted by atomic mass is 16.3. The van der Waals surface area contributed by atoms with Crippen molar-refractivity contribution in [1.82, 2.24) is 0 Å². The van der Waals surface area contributed by atoms with Gasteiger partial charge in [-0.1, -0.05) is 159 Å². The number of furan rings is 2. The maximum atomic E-state index is 6.88. The normalized spacial score (nSPS) is 12.4. The molecule has 0 saturated carbocycles. The number of hydrogen-bond donors (Lipinski definition) is 0. The zero-order valence-electron chi connectivity index (χ0n) is 40.2. The second-order valence-corrected chi connectivity index (χ2v) is 20.0. The zero-order chi connectivity index (χ0) is 46.5. The highest BCUT2D eigenvalue weighted by molar-refractivity contribution is 6.30. The summed E-state index contributed by atoms with van der Waals surface area (Å²) in [6.45, 7) is 18.4. The molecule has 0 unspecified atom stereocenters. The van der Waals surface area contributed by atoms with Gasteiger partial charge in [0.05, 0.1) is 22.7 Å². The number of fused-ring (bicyclic) bond motifs is 6. The Labute approximate surface area is 398 Å². The van der Waals surface area contributed by atoms with E-state index in [1.54, 1.807) is 0 Å². The topological polar surface area (TPSA) is 32.8 Å². The van der Waals surface area contributed by atoms with E-state index in [1.807, 2.05) is 0 Å². The van der Waals surface area contributed by atoms with E-state index in [0.717, 1.165) is 78.0 Å². The fourth-order valence-electron chi connectivity index (χ4n) is 11.0. The van der Waals surface area contributed by atoms with Gasteiger partial charge in [-0.05, 0) is 134 Å². The van der Waals surface area contributed by atoms with Gasteiger partial charge >= 0.3 is 0 Å². The van der Waals surface area contributed by atoms with Crippen LogP contribution in [0, 0.1) is 0 Å². The Balaban J connectivity index is 1.20. The molecule has 68 heavy (non-hydrogen) atoms. The quantitative estimate of drug-likeness (QED) is 0.128. The number of benzene rings is 10. The molecule has 0 aliphatic heterocycles. The van der Waals surface area contributed by atoms with E-state index in [-0.39, 0.29) is 11.8 Å². The van der Waals surface area contributed by atoms with Crippen LogP contribution in [0.5, 0.6) is 0 Å². The van der Waals surface area contributed by atoms with E-state index < -0.39 is 0 Å². The molecule has 334 valence electrons. The van der Waals surface area contributed by atoms with Gasteiger partial charge in [-0.25, -0.2) is 0 Å². The fraction of sp³-hybridized carbons (Fsp3) is 0.188. The summed E-state index contributed by atoms with van der Waals surface area (Å²) in [5.41, 5.74) is 15.2. The van der Waals surface area contributed by atoms with E-state index in [0.29, 0.717) is 11.8 Å². The first-order chi connectivity index (χ1) is 33.0. The molecular formula is C64H56N2O2. The first-order valence-electron chi connectivity index (χ1n) is 24.4. The van der Waals surface area contributed by atoms with Gasteiger partial charge in [0.1, 0.15) is 11.2 Å². The van der Waals surface area contributed by atoms with Crippen LogP contribution >= 0.6 is 0 Å². The van der Waals surface area contributed by atoms with Crippen molar-refractivity contribution in [3.05, 3.63) is 192 Å². The molecule has 0 fully saturated rings. The number of nitrogens with zero attached hydrogens (tertiary/aromatic N) is 2. The summed E-state index contributed by atoms with van der Waals surface area (Å²) < 4.78 is 13.7. The molecule has 0 bridgehead atoms. The zero-order valence-corrected chi connectivity index (χ0v) is 40.2. The average molecular weight is 885 g/mol. The Bertz CT molecular complexity index is 3860. The van der Waals surface area contributed by atoms with Gasteiger partial charge in [0.2, 0.25) is 0 Å². The van der Waals surface area contributed by atoms with Crippen LogP contribution in [-0.4, -0.2) is 0 Å². The lowest BCUT2D eigenvalue weighted by Crippen LogP contribution is -2.13. The third kappa shape index (κ3) is 6.48. The summed E-state index contributed by atoms with van der Waals surface area (Å²) in [5.74, 6) is 1.33. The molecule has 0 amide bonds. The number of para-hydroxylation sites is 4. The predicted molar refractivity (Wildman–Crippen MR) is 290 cm³/mol. The standard InChI is InChI=1S/C64H56N2O2/c1-37(2)41-23-27-43(28-24-41)65(56-19-13-17-49-45-15-9-11-21-59(45)67-63(49)56)55-34-33-48-52(39(5)6)35-54-58(36-53(40(7)8)47-31-32-51(55)61(48)62(47)54)66(44-29-25-42(26-30-44)38(3)4)57-20-14-18-50-46-16-10-12-22-60(46)68-64(50)57/h9-40H,1-8H3. The third-order valence-corrected chi connectivity index (χ3v) is 14.5. The van der Waals surface area contributed by atoms with Crippen LogP contribution < -0.4 is 9.80 Å². The Kier molecular flexibility index (Phi) is 9.88. The fourth-order valence-corrected chi connectivity index (χ4v) is 11.0. The van der Waals surface area contributed by atoms with E-state index >= 15 is 0 Å². The third-order valence-electron chi connectivity index (χ3n) is 14.5. The summed E-state index contributed by atoms with van der Waals surface area (Å²) in [5, 5.41) is 12.0. The Morgan fingerprint density at radius 3 is 1.24 bits per heavy atom. The number of rotatable bonds is 10. The maximum Gasteiger partial charge on any atom is 0.159 e. The van der Waals surface area contributed by atoms with E-state index in [1.165, 1.54) is 54.6 Å². The van der Waals surface area contributed by atoms with Crippen molar-refractivity contribution in [3.63, 3.8) is 0 Å². The van der Waals surface area contributed by atoms with Gasteiger partial charge in [-0.3, -0.25) is 0 Å². The van der Waals surface area contributed by atoms with Crippen LogP contribution in [0.4, 0.5) is 34.1 Å². The largest absolute Gasteiger partial charge is 0.454 e. The molecule has 10 aromatic carbocycles. The van der Waals surface area contributed by atoms with Crippen LogP contribution in [0.2, 0.25) is 0 Å². The highest BCUT2D eigenvalue weighted by Gasteiger charge is 2.28. The molecule has 4 nitrogen and oxygen atoms in total. The maximum absolute atomic E-state index is 6.88. The highest BCUT2D eigenvalue weighted by Crippen LogP contribution is 2.53. The van der Waals surface area contributed by atoms with E-state index in [4.69, 9.17) is 8.83 Å². The predicted octanol–water partition coefficient (Wildman–Crippen LogP) is 19.8. The molecule has 0 saturated heterocycles. The molecule has 2 aromatic heterocycles. The Morgan fingerprint density at radius 2 is 0.735 bits per heavy atom. The minimum Gasteiger partial charge on any atom is -0.454 e. The van der Waals surface area contributed by atoms with Crippen LogP contribution in [0.25, 0.3) is 76.2 Å². The van der Waals surface area contributed by atoms with Crippen molar-refractivity contribution in [2.45, 2.75) is 79.1 Å². The molecule has 0 spiro atoms. The van der Waals surface area contributed by atoms with Gasteiger partial charge in [-0.2, -0.15) is 0 Å². The molecule has 0 radical (unpaired) electrons. The van der Waals surface area contributed by atoms with Crippen LogP contribution in [0.3, 0.4) is 0 Å². The second-order valence-electron chi connectivity index (χ2n) is 20.0. The smallest absolute Gasteiger partial charge is 0.159 e. The first kappa shape index (κ1) is 41.8. The van der Waals surface area contributed by atoms with Gasteiger partial charge < -0.3 is 18.6 Å². The molecule has 12 rings (SSSR count). The number of anilines is 6. The van der Waals surface area contributed by atoms with Crippen molar-refractivity contribution in [3.8, 4) is 0 Å². The first-order valence-corrected chi connectivity index (χ1v) is 24.4. The average Bonchev–Trinajstić information content (AvgIpc) is 3.93. The SMILES string of the molecule is CC(C)c1ccc(N(c2ccc3c(C(C)C)cc4c(N(c5ccc(C(C)C)cc5)c5cccc6c5oc5ccccc56)cc(C(C)C)c5ccc2c3c54)c2cccc3c2oc2ccccc23)cc1. The molecule has 0 N–H and O–H groups in total. The lowest BCUT2D eigenvalue weighted by atomic mass is 9.83. The lowest BCUT2D eigenvalue weighted by Gasteiger charge is -2.31. The lowest BCUT2D eigenvalue weighted by molar-refractivity contribution is 0.668. The minimum absolute atomic E-state index is 0.246. The number of hydrogen-bond acceptors (Lipinski definition) is 4. The van der Waals surface area contributed by atoms with E-state index in [2.05, 4.69) is 235 Å². The molecule has 0 aliphatic carbocycles. The monoisotopic (exact) mass is 884 g/mol. The molecule has 0 atom stereocenters. The van der Waals surface area contributed by atoms with Gasteiger partial charge in [0.25, 0.3) is 0 Å². The van der Waals surface area contributed by atoms with Crippen LogP contribution in [0.15, 0.2) is 179 Å². The summed E-state index contributed by atoms with van der Waals surface area (Å²) in [6, 6.07) is 62.8. The minimum atomic E-state index is 0.246. The summed E-state index contributed by atoms with van der Waals surface area (Å²) in [4.78, 5) is 4.91. The molecule has 2 heterocycles. The van der Waals surface area contributed by atoms with Gasteiger partial charge in [-0.15, -0.1) is 0 Å². The van der Waals surface area contributed by atoms with Crippen LogP contribution in [-0.2, 0) is 0 Å². The second kappa shape index (κ2) is 16.1. The molecular weight excluding hydrogens is 829 g/mol. The Morgan fingerprint density at radius 1 is 0.309 bits per heavy atom. The summed E-state index contributed by atoms with van der Waals surface area (Å²) >= 11 is 0.